The topological polar surface area (TPSA) is 12.0 Å². The van der Waals surface area contributed by atoms with Gasteiger partial charge in [-0.15, -0.1) is 0 Å². The van der Waals surface area contributed by atoms with E-state index in [1.165, 1.54) is 17.7 Å². The summed E-state index contributed by atoms with van der Waals surface area (Å²) in [5.41, 5.74) is 1.29. The zero-order valence-electron chi connectivity index (χ0n) is 10.2. The predicted molar refractivity (Wildman–Crippen MR) is 75.5 cm³/mol. The van der Waals surface area contributed by atoms with E-state index in [0.717, 1.165) is 5.02 Å². The summed E-state index contributed by atoms with van der Waals surface area (Å²) in [6.07, 6.45) is 3.36. The third-order valence-electron chi connectivity index (χ3n) is 2.66. The van der Waals surface area contributed by atoms with Gasteiger partial charge in [0.1, 0.15) is 0 Å². The summed E-state index contributed by atoms with van der Waals surface area (Å²) < 4.78 is 0. The monoisotopic (exact) mass is 257 g/mol. The molecule has 0 aromatic heterocycles. The minimum atomic E-state index is 0.383. The molecule has 0 heterocycles. The maximum Gasteiger partial charge on any atom is 0.0406 e. The van der Waals surface area contributed by atoms with E-state index in [-0.39, 0.29) is 0 Å². The lowest BCUT2D eigenvalue weighted by Gasteiger charge is -2.20. The minimum Gasteiger partial charge on any atom is -0.308 e. The van der Waals surface area contributed by atoms with Gasteiger partial charge >= 0.3 is 0 Å². The van der Waals surface area contributed by atoms with Crippen LogP contribution in [0.5, 0.6) is 0 Å². The summed E-state index contributed by atoms with van der Waals surface area (Å²) in [6, 6.07) is 9.00. The largest absolute Gasteiger partial charge is 0.308 e. The molecule has 90 valence electrons. The van der Waals surface area contributed by atoms with Crippen molar-refractivity contribution in [1.29, 1.82) is 0 Å². The van der Waals surface area contributed by atoms with Gasteiger partial charge in [0.05, 0.1) is 0 Å². The molecular formula is C13H20ClNS. The highest BCUT2D eigenvalue weighted by molar-refractivity contribution is 7.98. The highest BCUT2D eigenvalue weighted by Crippen LogP contribution is 2.17. The Hall–Kier alpha value is -0.180. The van der Waals surface area contributed by atoms with Gasteiger partial charge in [-0.05, 0) is 50.0 Å². The fourth-order valence-corrected chi connectivity index (χ4v) is 2.37. The van der Waals surface area contributed by atoms with Crippen LogP contribution in [0.3, 0.4) is 0 Å². The summed E-state index contributed by atoms with van der Waals surface area (Å²) in [5.74, 6) is 1.21. The molecule has 0 bridgehead atoms. The highest BCUT2D eigenvalue weighted by Gasteiger charge is 2.08. The van der Waals surface area contributed by atoms with E-state index in [2.05, 4.69) is 37.6 Å². The first-order valence-electron chi connectivity index (χ1n) is 5.64. The summed E-state index contributed by atoms with van der Waals surface area (Å²) in [4.78, 5) is 0. The van der Waals surface area contributed by atoms with Gasteiger partial charge < -0.3 is 5.32 Å². The SMILES string of the molecule is CSCCC(C)NC(C)c1ccc(Cl)cc1. The summed E-state index contributed by atoms with van der Waals surface area (Å²) in [5, 5.41) is 4.39. The lowest BCUT2D eigenvalue weighted by atomic mass is 10.1. The van der Waals surface area contributed by atoms with E-state index in [4.69, 9.17) is 11.6 Å². The first-order valence-corrected chi connectivity index (χ1v) is 7.41. The summed E-state index contributed by atoms with van der Waals surface area (Å²) >= 11 is 7.76. The van der Waals surface area contributed by atoms with Crippen LogP contribution in [0, 0.1) is 0 Å². The Morgan fingerprint density at radius 1 is 1.25 bits per heavy atom. The second kappa shape index (κ2) is 7.21. The minimum absolute atomic E-state index is 0.383. The van der Waals surface area contributed by atoms with Crippen molar-refractivity contribution in [3.8, 4) is 0 Å². The molecule has 1 rings (SSSR count). The second-order valence-electron chi connectivity index (χ2n) is 4.12. The van der Waals surface area contributed by atoms with Crippen molar-refractivity contribution in [2.45, 2.75) is 32.4 Å². The van der Waals surface area contributed by atoms with Crippen molar-refractivity contribution in [2.24, 2.45) is 0 Å². The van der Waals surface area contributed by atoms with Crippen molar-refractivity contribution in [1.82, 2.24) is 5.32 Å². The smallest absolute Gasteiger partial charge is 0.0406 e. The molecule has 2 atom stereocenters. The first-order chi connectivity index (χ1) is 7.63. The Morgan fingerprint density at radius 2 is 1.88 bits per heavy atom. The second-order valence-corrected chi connectivity index (χ2v) is 5.54. The Balaban J connectivity index is 2.45. The van der Waals surface area contributed by atoms with Gasteiger partial charge in [0, 0.05) is 17.1 Å². The normalized spacial score (nSPS) is 14.8. The highest BCUT2D eigenvalue weighted by atomic mass is 35.5. The molecule has 1 N–H and O–H groups in total. The van der Waals surface area contributed by atoms with E-state index in [1.54, 1.807) is 0 Å². The molecule has 16 heavy (non-hydrogen) atoms. The van der Waals surface area contributed by atoms with Gasteiger partial charge in [-0.25, -0.2) is 0 Å². The van der Waals surface area contributed by atoms with E-state index in [9.17, 15) is 0 Å². The third-order valence-corrected chi connectivity index (χ3v) is 3.56. The molecule has 0 saturated carbocycles. The lowest BCUT2D eigenvalue weighted by molar-refractivity contribution is 0.472. The lowest BCUT2D eigenvalue weighted by Crippen LogP contribution is -2.29. The first kappa shape index (κ1) is 13.9. The Kier molecular flexibility index (Phi) is 6.25. The third kappa shape index (κ3) is 4.77. The number of rotatable bonds is 6. The van der Waals surface area contributed by atoms with Crippen molar-refractivity contribution < 1.29 is 0 Å². The van der Waals surface area contributed by atoms with Crippen LogP contribution in [0.2, 0.25) is 5.02 Å². The molecule has 0 spiro atoms. The fraction of sp³-hybridized carbons (Fsp3) is 0.538. The van der Waals surface area contributed by atoms with Crippen LogP contribution >= 0.6 is 23.4 Å². The number of hydrogen-bond acceptors (Lipinski definition) is 2. The zero-order valence-corrected chi connectivity index (χ0v) is 11.7. The fourth-order valence-electron chi connectivity index (χ4n) is 1.65. The Labute approximate surface area is 108 Å². The predicted octanol–water partition coefficient (Wildman–Crippen LogP) is 4.13. The van der Waals surface area contributed by atoms with Gasteiger partial charge in [-0.1, -0.05) is 23.7 Å². The molecule has 1 aromatic carbocycles. The molecule has 3 heteroatoms. The van der Waals surface area contributed by atoms with E-state index >= 15 is 0 Å². The molecule has 0 aliphatic heterocycles. The van der Waals surface area contributed by atoms with E-state index in [0.29, 0.717) is 12.1 Å². The summed E-state index contributed by atoms with van der Waals surface area (Å²) in [7, 11) is 0. The van der Waals surface area contributed by atoms with Gasteiger partial charge in [0.15, 0.2) is 0 Å². The van der Waals surface area contributed by atoms with Crippen molar-refractivity contribution in [2.75, 3.05) is 12.0 Å². The van der Waals surface area contributed by atoms with Crippen LogP contribution in [0.25, 0.3) is 0 Å². The quantitative estimate of drug-likeness (QED) is 0.822. The van der Waals surface area contributed by atoms with Crippen LogP contribution in [-0.2, 0) is 0 Å². The summed E-state index contributed by atoms with van der Waals surface area (Å²) in [6.45, 7) is 4.43. The van der Waals surface area contributed by atoms with Crippen molar-refractivity contribution >= 4 is 23.4 Å². The zero-order chi connectivity index (χ0) is 12.0. The molecule has 0 amide bonds. The number of hydrogen-bond donors (Lipinski definition) is 1. The van der Waals surface area contributed by atoms with Crippen molar-refractivity contribution in [3.63, 3.8) is 0 Å². The van der Waals surface area contributed by atoms with Gasteiger partial charge in [-0.2, -0.15) is 11.8 Å². The molecule has 1 aromatic rings. The molecule has 0 saturated heterocycles. The van der Waals surface area contributed by atoms with Crippen LogP contribution in [-0.4, -0.2) is 18.1 Å². The standard InChI is InChI=1S/C13H20ClNS/c1-10(8-9-16-3)15-11(2)12-4-6-13(14)7-5-12/h4-7,10-11,15H,8-9H2,1-3H3. The molecule has 0 radical (unpaired) electrons. The molecule has 0 aliphatic rings. The van der Waals surface area contributed by atoms with Crippen LogP contribution < -0.4 is 5.32 Å². The maximum absolute atomic E-state index is 5.87. The van der Waals surface area contributed by atoms with Crippen LogP contribution in [0.1, 0.15) is 31.9 Å². The molecule has 1 nitrogen and oxygen atoms in total. The van der Waals surface area contributed by atoms with E-state index < -0.39 is 0 Å². The van der Waals surface area contributed by atoms with E-state index in [1.807, 2.05) is 23.9 Å². The van der Waals surface area contributed by atoms with Gasteiger partial charge in [0.2, 0.25) is 0 Å². The number of benzene rings is 1. The maximum atomic E-state index is 5.87. The number of halogens is 1. The Bertz CT molecular complexity index is 299. The Morgan fingerprint density at radius 3 is 2.44 bits per heavy atom. The molecule has 0 aliphatic carbocycles. The van der Waals surface area contributed by atoms with Gasteiger partial charge in [-0.3, -0.25) is 0 Å². The van der Waals surface area contributed by atoms with Crippen LogP contribution in [0.15, 0.2) is 24.3 Å². The molecular weight excluding hydrogens is 238 g/mol. The average molecular weight is 258 g/mol. The number of nitrogens with one attached hydrogen (secondary N) is 1. The van der Waals surface area contributed by atoms with Crippen molar-refractivity contribution in [3.05, 3.63) is 34.9 Å². The van der Waals surface area contributed by atoms with Crippen LogP contribution in [0.4, 0.5) is 0 Å². The average Bonchev–Trinajstić information content (AvgIpc) is 2.27. The molecule has 2 unspecified atom stereocenters. The number of thioether (sulfide) groups is 1. The van der Waals surface area contributed by atoms with Gasteiger partial charge in [0.25, 0.3) is 0 Å². The molecule has 0 fully saturated rings.